The topological polar surface area (TPSA) is 45.7 Å². The maximum Gasteiger partial charge on any atom is 0.260 e. The number of thiazole rings is 1. The molecule has 1 aromatic heterocycles. The summed E-state index contributed by atoms with van der Waals surface area (Å²) in [7, 11) is 0. The van der Waals surface area contributed by atoms with Crippen molar-refractivity contribution in [3.05, 3.63) is 59.7 Å². The number of anilines is 1. The van der Waals surface area contributed by atoms with Gasteiger partial charge in [-0.2, -0.15) is 0 Å². The van der Waals surface area contributed by atoms with Gasteiger partial charge in [-0.25, -0.2) is 13.8 Å². The molecule has 0 aliphatic carbocycles. The summed E-state index contributed by atoms with van der Waals surface area (Å²) < 4.78 is 33.4. The minimum Gasteiger partial charge on any atom is -0.379 e. The van der Waals surface area contributed by atoms with E-state index in [1.807, 2.05) is 0 Å². The van der Waals surface area contributed by atoms with Gasteiger partial charge in [-0.3, -0.25) is 14.6 Å². The highest BCUT2D eigenvalue weighted by atomic mass is 32.1. The molecule has 2 aromatic carbocycles. The van der Waals surface area contributed by atoms with E-state index >= 15 is 0 Å². The zero-order valence-electron chi connectivity index (χ0n) is 15.1. The van der Waals surface area contributed by atoms with E-state index in [2.05, 4.69) is 9.88 Å². The maximum atomic E-state index is 14.1. The number of hydrogen-bond acceptors (Lipinski definition) is 5. The van der Waals surface area contributed by atoms with Crippen molar-refractivity contribution in [3.63, 3.8) is 0 Å². The number of nitrogens with zero attached hydrogens (tertiary/aromatic N) is 3. The van der Waals surface area contributed by atoms with Crippen molar-refractivity contribution in [2.45, 2.75) is 0 Å². The van der Waals surface area contributed by atoms with Crippen LogP contribution in [0.15, 0.2) is 42.5 Å². The SMILES string of the molecule is O=C(c1ccc(F)cc1)N(CCN1CCOCC1)c1nc2c(F)cccc2s1. The standard InChI is InChI=1S/C20H19F2N3O2S/c21-15-6-4-14(5-7-15)19(26)25(9-8-24-10-12-27-13-11-24)20-23-18-16(22)2-1-3-17(18)28-20/h1-7H,8-13H2. The third-order valence-corrected chi connectivity index (χ3v) is 5.71. The average molecular weight is 403 g/mol. The van der Waals surface area contributed by atoms with Crippen molar-refractivity contribution in [1.82, 2.24) is 9.88 Å². The number of aromatic nitrogens is 1. The third kappa shape index (κ3) is 4.04. The van der Waals surface area contributed by atoms with Crippen molar-refractivity contribution in [1.29, 1.82) is 0 Å². The smallest absolute Gasteiger partial charge is 0.260 e. The number of hydrogen-bond donors (Lipinski definition) is 0. The van der Waals surface area contributed by atoms with E-state index in [-0.39, 0.29) is 11.4 Å². The van der Waals surface area contributed by atoms with Crippen molar-refractivity contribution in [2.24, 2.45) is 0 Å². The normalized spacial score (nSPS) is 15.1. The number of ether oxygens (including phenoxy) is 1. The predicted molar refractivity (Wildman–Crippen MR) is 105 cm³/mol. The number of carbonyl (C=O) groups is 1. The van der Waals surface area contributed by atoms with E-state index in [1.54, 1.807) is 17.0 Å². The van der Waals surface area contributed by atoms with Crippen molar-refractivity contribution < 1.29 is 18.3 Å². The molecule has 3 aromatic rings. The number of benzene rings is 2. The highest BCUT2D eigenvalue weighted by Crippen LogP contribution is 2.31. The summed E-state index contributed by atoms with van der Waals surface area (Å²) in [6.07, 6.45) is 0. The zero-order chi connectivity index (χ0) is 19.5. The first-order valence-corrected chi connectivity index (χ1v) is 9.86. The molecule has 8 heteroatoms. The first kappa shape index (κ1) is 18.9. The number of carbonyl (C=O) groups excluding carboxylic acids is 1. The van der Waals surface area contributed by atoms with Gasteiger partial charge in [0.05, 0.1) is 17.9 Å². The molecule has 1 fully saturated rings. The summed E-state index contributed by atoms with van der Waals surface area (Å²) in [6.45, 7) is 3.98. The second-order valence-corrected chi connectivity index (χ2v) is 7.51. The summed E-state index contributed by atoms with van der Waals surface area (Å²) in [5.41, 5.74) is 0.619. The van der Waals surface area contributed by atoms with E-state index in [0.717, 1.165) is 13.1 Å². The molecule has 0 atom stereocenters. The summed E-state index contributed by atoms with van der Waals surface area (Å²) in [6, 6.07) is 10.2. The molecule has 1 aliphatic rings. The number of amides is 1. The molecule has 4 rings (SSSR count). The van der Waals surface area contributed by atoms with Crippen LogP contribution in [0.3, 0.4) is 0 Å². The van der Waals surface area contributed by atoms with Crippen LogP contribution in [0.2, 0.25) is 0 Å². The third-order valence-electron chi connectivity index (χ3n) is 4.67. The molecule has 0 radical (unpaired) electrons. The first-order valence-electron chi connectivity index (χ1n) is 9.04. The van der Waals surface area contributed by atoms with Crippen LogP contribution >= 0.6 is 11.3 Å². The summed E-state index contributed by atoms with van der Waals surface area (Å²) in [5.74, 6) is -1.10. The molecule has 146 valence electrons. The summed E-state index contributed by atoms with van der Waals surface area (Å²) in [5, 5.41) is 0.433. The molecule has 1 aliphatic heterocycles. The number of halogens is 2. The molecule has 2 heterocycles. The Bertz CT molecular complexity index is 971. The highest BCUT2D eigenvalue weighted by molar-refractivity contribution is 7.22. The van der Waals surface area contributed by atoms with Gasteiger partial charge in [0.1, 0.15) is 17.2 Å². The summed E-state index contributed by atoms with van der Waals surface area (Å²) in [4.78, 5) is 21.3. The van der Waals surface area contributed by atoms with Crippen LogP contribution in [-0.2, 0) is 4.74 Å². The van der Waals surface area contributed by atoms with Gasteiger partial charge in [-0.05, 0) is 36.4 Å². The number of para-hydroxylation sites is 1. The first-order chi connectivity index (χ1) is 13.6. The van der Waals surface area contributed by atoms with Crippen LogP contribution in [0.25, 0.3) is 10.2 Å². The molecule has 0 bridgehead atoms. The van der Waals surface area contributed by atoms with Crippen molar-refractivity contribution in [2.75, 3.05) is 44.3 Å². The van der Waals surface area contributed by atoms with Gasteiger partial charge in [0.2, 0.25) is 0 Å². The van der Waals surface area contributed by atoms with Crippen LogP contribution in [0, 0.1) is 11.6 Å². The zero-order valence-corrected chi connectivity index (χ0v) is 15.9. The molecule has 28 heavy (non-hydrogen) atoms. The lowest BCUT2D eigenvalue weighted by molar-refractivity contribution is 0.0391. The number of fused-ring (bicyclic) bond motifs is 1. The average Bonchev–Trinajstić information content (AvgIpc) is 3.15. The van der Waals surface area contributed by atoms with E-state index in [1.165, 1.54) is 41.7 Å². The fourth-order valence-electron chi connectivity index (χ4n) is 3.12. The van der Waals surface area contributed by atoms with Crippen LogP contribution in [0.4, 0.5) is 13.9 Å². The molecule has 0 N–H and O–H groups in total. The van der Waals surface area contributed by atoms with Gasteiger partial charge in [0.15, 0.2) is 5.13 Å². The van der Waals surface area contributed by atoms with E-state index in [0.29, 0.717) is 41.7 Å². The van der Waals surface area contributed by atoms with Crippen LogP contribution in [-0.4, -0.2) is 55.2 Å². The predicted octanol–water partition coefficient (Wildman–Crippen LogP) is 3.55. The second-order valence-electron chi connectivity index (χ2n) is 6.50. The lowest BCUT2D eigenvalue weighted by Crippen LogP contribution is -2.43. The largest absolute Gasteiger partial charge is 0.379 e. The van der Waals surface area contributed by atoms with Gasteiger partial charge in [0.25, 0.3) is 5.91 Å². The Kier molecular flexibility index (Phi) is 5.61. The lowest BCUT2D eigenvalue weighted by atomic mass is 10.2. The Hall–Kier alpha value is -2.42. The van der Waals surface area contributed by atoms with E-state index < -0.39 is 11.6 Å². The molecule has 0 saturated carbocycles. The monoisotopic (exact) mass is 403 g/mol. The van der Waals surface area contributed by atoms with Gasteiger partial charge < -0.3 is 4.74 Å². The van der Waals surface area contributed by atoms with Crippen molar-refractivity contribution in [3.8, 4) is 0 Å². The van der Waals surface area contributed by atoms with E-state index in [4.69, 9.17) is 4.74 Å². The van der Waals surface area contributed by atoms with E-state index in [9.17, 15) is 13.6 Å². The Morgan fingerprint density at radius 2 is 1.89 bits per heavy atom. The highest BCUT2D eigenvalue weighted by Gasteiger charge is 2.23. The minimum atomic E-state index is -0.414. The van der Waals surface area contributed by atoms with Gasteiger partial charge >= 0.3 is 0 Å². The molecule has 5 nitrogen and oxygen atoms in total. The van der Waals surface area contributed by atoms with Gasteiger partial charge in [-0.1, -0.05) is 17.4 Å². The Balaban J connectivity index is 1.64. The number of morpholine rings is 1. The molecular weight excluding hydrogens is 384 g/mol. The maximum absolute atomic E-state index is 14.1. The minimum absolute atomic E-state index is 0.255. The molecule has 1 saturated heterocycles. The molecule has 1 amide bonds. The molecular formula is C20H19F2N3O2S. The Morgan fingerprint density at radius 3 is 2.61 bits per heavy atom. The van der Waals surface area contributed by atoms with Gasteiger partial charge in [-0.15, -0.1) is 0 Å². The lowest BCUT2D eigenvalue weighted by Gasteiger charge is -2.29. The second kappa shape index (κ2) is 8.30. The quantitative estimate of drug-likeness (QED) is 0.654. The van der Waals surface area contributed by atoms with Crippen molar-refractivity contribution >= 4 is 32.6 Å². The molecule has 0 spiro atoms. The fraction of sp³-hybridized carbons (Fsp3) is 0.300. The Labute approximate surface area is 165 Å². The summed E-state index contributed by atoms with van der Waals surface area (Å²) >= 11 is 1.27. The molecule has 0 unspecified atom stereocenters. The van der Waals surface area contributed by atoms with Crippen LogP contribution in [0.5, 0.6) is 0 Å². The van der Waals surface area contributed by atoms with Gasteiger partial charge in [0, 0.05) is 31.7 Å². The van der Waals surface area contributed by atoms with Crippen LogP contribution in [0.1, 0.15) is 10.4 Å². The van der Waals surface area contributed by atoms with Crippen LogP contribution < -0.4 is 4.90 Å². The number of rotatable bonds is 5. The Morgan fingerprint density at radius 1 is 1.14 bits per heavy atom. The fourth-order valence-corrected chi connectivity index (χ4v) is 4.12.